The number of benzene rings is 3. The lowest BCUT2D eigenvalue weighted by Crippen LogP contribution is -2.51. The summed E-state index contributed by atoms with van der Waals surface area (Å²) in [5.41, 5.74) is 3.61. The number of aryl methyl sites for hydroxylation is 1. The molecule has 2 amide bonds. The van der Waals surface area contributed by atoms with E-state index in [2.05, 4.69) is 5.32 Å². The molecular formula is C28H31FN2O2S. The predicted octanol–water partition coefficient (Wildman–Crippen LogP) is 5.14. The molecule has 1 N–H and O–H groups in total. The van der Waals surface area contributed by atoms with Crippen molar-refractivity contribution in [2.24, 2.45) is 0 Å². The summed E-state index contributed by atoms with van der Waals surface area (Å²) in [7, 11) is 0. The Morgan fingerprint density at radius 2 is 1.68 bits per heavy atom. The first-order valence-electron chi connectivity index (χ1n) is 11.5. The summed E-state index contributed by atoms with van der Waals surface area (Å²) in [6.45, 7) is 4.69. The Morgan fingerprint density at radius 3 is 2.38 bits per heavy atom. The van der Waals surface area contributed by atoms with Crippen LogP contribution in [0.25, 0.3) is 0 Å². The summed E-state index contributed by atoms with van der Waals surface area (Å²) in [5, 5.41) is 2.90. The standard InChI is InChI=1S/C28H31FN2O2S/c1-3-30-28(33)26(17-22-11-5-4-6-12-22)31(18-23-13-9-10-21(2)16-23)27(32)20-34-19-24-14-7-8-15-25(24)29/h4-16,26H,3,17-20H2,1-2H3,(H,30,33). The number of halogens is 1. The van der Waals surface area contributed by atoms with Crippen molar-refractivity contribution in [3.05, 3.63) is 107 Å². The van der Waals surface area contributed by atoms with E-state index >= 15 is 0 Å². The molecule has 6 heteroatoms. The highest BCUT2D eigenvalue weighted by Crippen LogP contribution is 2.20. The van der Waals surface area contributed by atoms with Crippen molar-refractivity contribution in [2.75, 3.05) is 12.3 Å². The first-order valence-corrected chi connectivity index (χ1v) is 12.6. The molecular weight excluding hydrogens is 447 g/mol. The highest BCUT2D eigenvalue weighted by atomic mass is 32.2. The molecule has 0 heterocycles. The third kappa shape index (κ3) is 7.45. The molecule has 1 atom stereocenters. The van der Waals surface area contributed by atoms with E-state index in [1.54, 1.807) is 23.1 Å². The summed E-state index contributed by atoms with van der Waals surface area (Å²) in [6.07, 6.45) is 0.419. The molecule has 0 aliphatic carbocycles. The van der Waals surface area contributed by atoms with Gasteiger partial charge in [0, 0.05) is 25.3 Å². The summed E-state index contributed by atoms with van der Waals surface area (Å²) in [4.78, 5) is 28.3. The Hall–Kier alpha value is -3.12. The molecule has 0 aliphatic heterocycles. The molecule has 1 unspecified atom stereocenters. The van der Waals surface area contributed by atoms with Crippen LogP contribution in [0.3, 0.4) is 0 Å². The Balaban J connectivity index is 1.83. The quantitative estimate of drug-likeness (QED) is 0.415. The van der Waals surface area contributed by atoms with E-state index in [1.807, 2.05) is 68.4 Å². The minimum absolute atomic E-state index is 0.143. The van der Waals surface area contributed by atoms with Gasteiger partial charge in [-0.25, -0.2) is 4.39 Å². The minimum Gasteiger partial charge on any atom is -0.355 e. The van der Waals surface area contributed by atoms with E-state index in [-0.39, 0.29) is 23.4 Å². The molecule has 178 valence electrons. The molecule has 0 spiro atoms. The van der Waals surface area contributed by atoms with Gasteiger partial charge >= 0.3 is 0 Å². The third-order valence-corrected chi connectivity index (χ3v) is 6.46. The maximum Gasteiger partial charge on any atom is 0.243 e. The lowest BCUT2D eigenvalue weighted by molar-refractivity contribution is -0.139. The van der Waals surface area contributed by atoms with Crippen molar-refractivity contribution in [1.29, 1.82) is 0 Å². The van der Waals surface area contributed by atoms with Crippen molar-refractivity contribution in [3.8, 4) is 0 Å². The second-order valence-electron chi connectivity index (χ2n) is 8.20. The van der Waals surface area contributed by atoms with Gasteiger partial charge in [-0.1, -0.05) is 78.4 Å². The van der Waals surface area contributed by atoms with Crippen molar-refractivity contribution in [1.82, 2.24) is 10.2 Å². The van der Waals surface area contributed by atoms with Gasteiger partial charge in [0.05, 0.1) is 5.75 Å². The van der Waals surface area contributed by atoms with Crippen LogP contribution in [0.1, 0.15) is 29.2 Å². The minimum atomic E-state index is -0.649. The maximum absolute atomic E-state index is 14.0. The number of rotatable bonds is 11. The molecule has 34 heavy (non-hydrogen) atoms. The predicted molar refractivity (Wildman–Crippen MR) is 137 cm³/mol. The van der Waals surface area contributed by atoms with E-state index < -0.39 is 6.04 Å². The molecule has 3 rings (SSSR count). The van der Waals surface area contributed by atoms with E-state index in [4.69, 9.17) is 0 Å². The number of carbonyl (C=O) groups is 2. The van der Waals surface area contributed by atoms with Crippen LogP contribution in [0, 0.1) is 12.7 Å². The average molecular weight is 479 g/mol. The van der Waals surface area contributed by atoms with Crippen LogP contribution in [0.2, 0.25) is 0 Å². The second kappa shape index (κ2) is 12.9. The van der Waals surface area contributed by atoms with E-state index in [0.717, 1.165) is 16.7 Å². The van der Waals surface area contributed by atoms with Gasteiger partial charge in [-0.15, -0.1) is 11.8 Å². The summed E-state index contributed by atoms with van der Waals surface area (Å²) in [5.74, 6) is -0.0451. The van der Waals surface area contributed by atoms with Crippen LogP contribution < -0.4 is 5.32 Å². The maximum atomic E-state index is 14.0. The monoisotopic (exact) mass is 478 g/mol. The Labute approximate surface area is 205 Å². The highest BCUT2D eigenvalue weighted by molar-refractivity contribution is 7.99. The molecule has 0 saturated heterocycles. The van der Waals surface area contributed by atoms with Gasteiger partial charge in [-0.3, -0.25) is 9.59 Å². The fourth-order valence-corrected chi connectivity index (χ4v) is 4.70. The molecule has 0 bridgehead atoms. The van der Waals surface area contributed by atoms with Gasteiger partial charge in [0.1, 0.15) is 11.9 Å². The average Bonchev–Trinajstić information content (AvgIpc) is 2.83. The van der Waals surface area contributed by atoms with E-state index in [9.17, 15) is 14.0 Å². The summed E-state index contributed by atoms with van der Waals surface area (Å²) >= 11 is 1.36. The van der Waals surface area contributed by atoms with E-state index in [1.165, 1.54) is 17.8 Å². The number of amides is 2. The van der Waals surface area contributed by atoms with Crippen LogP contribution in [-0.4, -0.2) is 35.1 Å². The molecule has 3 aromatic rings. The normalized spacial score (nSPS) is 11.6. The Morgan fingerprint density at radius 1 is 0.971 bits per heavy atom. The molecule has 0 radical (unpaired) electrons. The number of likely N-dealkylation sites (N-methyl/N-ethyl adjacent to an activating group) is 1. The molecule has 0 aromatic heterocycles. The Kier molecular flexibility index (Phi) is 9.71. The van der Waals surface area contributed by atoms with Gasteiger partial charge in [0.2, 0.25) is 11.8 Å². The summed E-state index contributed by atoms with van der Waals surface area (Å²) < 4.78 is 14.0. The smallest absolute Gasteiger partial charge is 0.243 e. The Bertz CT molecular complexity index is 1090. The largest absolute Gasteiger partial charge is 0.355 e. The lowest BCUT2D eigenvalue weighted by atomic mass is 10.0. The fraction of sp³-hybridized carbons (Fsp3) is 0.286. The van der Waals surface area contributed by atoms with Gasteiger partial charge in [-0.2, -0.15) is 0 Å². The number of nitrogens with one attached hydrogen (secondary N) is 1. The van der Waals surface area contributed by atoms with Gasteiger partial charge < -0.3 is 10.2 Å². The molecule has 3 aromatic carbocycles. The number of nitrogens with zero attached hydrogens (tertiary/aromatic N) is 1. The van der Waals surface area contributed by atoms with Crippen LogP contribution in [0.5, 0.6) is 0 Å². The van der Waals surface area contributed by atoms with Gasteiger partial charge in [-0.05, 0) is 36.6 Å². The highest BCUT2D eigenvalue weighted by Gasteiger charge is 2.30. The second-order valence-corrected chi connectivity index (χ2v) is 9.18. The van der Waals surface area contributed by atoms with Crippen LogP contribution >= 0.6 is 11.8 Å². The van der Waals surface area contributed by atoms with Gasteiger partial charge in [0.15, 0.2) is 0 Å². The molecule has 0 fully saturated rings. The van der Waals surface area contributed by atoms with E-state index in [0.29, 0.717) is 30.8 Å². The number of hydrogen-bond acceptors (Lipinski definition) is 3. The van der Waals surface area contributed by atoms with Crippen LogP contribution in [-0.2, 0) is 28.3 Å². The zero-order valence-electron chi connectivity index (χ0n) is 19.7. The van der Waals surface area contributed by atoms with Crippen LogP contribution in [0.15, 0.2) is 78.9 Å². The van der Waals surface area contributed by atoms with Crippen molar-refractivity contribution in [2.45, 2.75) is 38.6 Å². The van der Waals surface area contributed by atoms with Crippen molar-refractivity contribution >= 4 is 23.6 Å². The van der Waals surface area contributed by atoms with Crippen molar-refractivity contribution in [3.63, 3.8) is 0 Å². The first-order chi connectivity index (χ1) is 16.5. The molecule has 0 aliphatic rings. The third-order valence-electron chi connectivity index (χ3n) is 5.50. The molecule has 4 nitrogen and oxygen atoms in total. The van der Waals surface area contributed by atoms with Crippen molar-refractivity contribution < 1.29 is 14.0 Å². The topological polar surface area (TPSA) is 49.4 Å². The summed E-state index contributed by atoms with van der Waals surface area (Å²) in [6, 6.07) is 23.6. The SMILES string of the molecule is CCNC(=O)C(Cc1ccccc1)N(Cc1cccc(C)c1)C(=O)CSCc1ccccc1F. The number of hydrogen-bond donors (Lipinski definition) is 1. The van der Waals surface area contributed by atoms with Gasteiger partial charge in [0.25, 0.3) is 0 Å². The first kappa shape index (κ1) is 25.5. The lowest BCUT2D eigenvalue weighted by Gasteiger charge is -2.31. The van der Waals surface area contributed by atoms with Crippen LogP contribution in [0.4, 0.5) is 4.39 Å². The number of carbonyl (C=O) groups excluding carboxylic acids is 2. The molecule has 0 saturated carbocycles. The fourth-order valence-electron chi connectivity index (χ4n) is 3.80. The zero-order valence-corrected chi connectivity index (χ0v) is 20.5. The number of thioether (sulfide) groups is 1. The zero-order chi connectivity index (χ0) is 24.3.